The van der Waals surface area contributed by atoms with Crippen LogP contribution in [0.1, 0.15) is 29.8 Å². The number of hydrogen-bond acceptors (Lipinski definition) is 8. The van der Waals surface area contributed by atoms with Crippen molar-refractivity contribution < 1.29 is 14.3 Å². The van der Waals surface area contributed by atoms with Gasteiger partial charge in [-0.2, -0.15) is 4.99 Å². The van der Waals surface area contributed by atoms with E-state index in [0.29, 0.717) is 50.8 Å². The Hall–Kier alpha value is -4.28. The van der Waals surface area contributed by atoms with Gasteiger partial charge < -0.3 is 19.9 Å². The number of nitrogens with one attached hydrogen (secondary N) is 1. The Labute approximate surface area is 233 Å². The maximum absolute atomic E-state index is 13.1. The topological polar surface area (TPSA) is 96.3 Å². The Kier molecular flexibility index (Phi) is 7.19. The fraction of sp³-hybridized carbons (Fsp3) is 0.333. The molecule has 1 saturated heterocycles. The van der Waals surface area contributed by atoms with Crippen molar-refractivity contribution in [1.82, 2.24) is 19.7 Å². The number of amides is 2. The summed E-state index contributed by atoms with van der Waals surface area (Å²) in [5.41, 5.74) is 3.27. The zero-order chi connectivity index (χ0) is 27.6. The summed E-state index contributed by atoms with van der Waals surface area (Å²) in [5.74, 6) is 1.49. The van der Waals surface area contributed by atoms with Gasteiger partial charge in [0.15, 0.2) is 6.20 Å². The van der Waals surface area contributed by atoms with E-state index in [-0.39, 0.29) is 23.9 Å². The molecule has 2 atom stereocenters. The average molecular weight is 540 g/mol. The molecule has 10 nitrogen and oxygen atoms in total. The second-order valence-electron chi connectivity index (χ2n) is 10.4. The number of carbonyl (C=O) groups is 2. The van der Waals surface area contributed by atoms with Gasteiger partial charge >= 0.3 is 5.84 Å². The smallest absolute Gasteiger partial charge is 0.308 e. The minimum atomic E-state index is -0.0378. The Morgan fingerprint density at radius 3 is 2.65 bits per heavy atom. The minimum Gasteiger partial charge on any atom is -0.378 e. The largest absolute Gasteiger partial charge is 0.378 e. The lowest BCUT2D eigenvalue weighted by atomic mass is 10.1. The van der Waals surface area contributed by atoms with Crippen LogP contribution in [0.5, 0.6) is 0 Å². The lowest BCUT2D eigenvalue weighted by Crippen LogP contribution is -2.46. The van der Waals surface area contributed by atoms with Crippen molar-refractivity contribution in [2.24, 2.45) is 4.99 Å². The van der Waals surface area contributed by atoms with E-state index in [0.717, 1.165) is 22.8 Å². The molecule has 1 aromatic carbocycles. The van der Waals surface area contributed by atoms with Gasteiger partial charge in [-0.1, -0.05) is 29.2 Å². The molecule has 0 spiro atoms. The lowest BCUT2D eigenvalue weighted by Gasteiger charge is -2.28. The molecule has 2 aromatic rings. The number of aliphatic imine (C=N–C) groups is 1. The number of anilines is 2. The lowest BCUT2D eigenvalue weighted by molar-refractivity contribution is -0.132. The Morgan fingerprint density at radius 1 is 1.10 bits per heavy atom. The van der Waals surface area contributed by atoms with Crippen LogP contribution in [0.2, 0.25) is 0 Å². The molecule has 205 valence electrons. The maximum atomic E-state index is 13.1. The van der Waals surface area contributed by atoms with Crippen molar-refractivity contribution in [1.29, 1.82) is 0 Å². The minimum absolute atomic E-state index is 0.0378. The van der Waals surface area contributed by atoms with Crippen molar-refractivity contribution >= 4 is 29.2 Å². The monoisotopic (exact) mass is 539 g/mol. The Bertz CT molecular complexity index is 1400. The molecular formula is C30H33N7O3+. The van der Waals surface area contributed by atoms with Gasteiger partial charge in [0.1, 0.15) is 11.5 Å². The van der Waals surface area contributed by atoms with Crippen LogP contribution in [0, 0.1) is 0 Å². The van der Waals surface area contributed by atoms with Gasteiger partial charge in [-0.15, -0.1) is 0 Å². The highest BCUT2D eigenvalue weighted by atomic mass is 16.5. The predicted molar refractivity (Wildman–Crippen MR) is 154 cm³/mol. The van der Waals surface area contributed by atoms with Crippen molar-refractivity contribution in [3.05, 3.63) is 90.2 Å². The van der Waals surface area contributed by atoms with E-state index in [1.54, 1.807) is 23.4 Å². The highest BCUT2D eigenvalue weighted by Gasteiger charge is 2.36. The summed E-state index contributed by atoms with van der Waals surface area (Å²) < 4.78 is 5.35. The summed E-state index contributed by atoms with van der Waals surface area (Å²) in [5, 5.41) is 3.37. The fourth-order valence-corrected chi connectivity index (χ4v) is 5.45. The van der Waals surface area contributed by atoms with E-state index in [9.17, 15) is 9.59 Å². The standard InChI is InChI=1S/C30H33N7O3/c1-21-6-7-22(2)37(21)28(38)17-23-4-3-5-25(16-23)36-19-26(29-31-10-11-35(29)20-36)33-27-9-8-24(18-32-27)30(39)34-12-14-40-15-13-34/h3-11,16,18-19,21-22H,12-15,17,20H2,1-2H3,(H,32,33)/q+1. The van der Waals surface area contributed by atoms with Gasteiger partial charge in [-0.05, 0) is 43.7 Å². The number of aromatic nitrogens is 1. The van der Waals surface area contributed by atoms with Gasteiger partial charge in [0.2, 0.25) is 12.6 Å². The molecule has 2 unspecified atom stereocenters. The normalized spacial score (nSPS) is 22.3. The molecule has 1 N–H and O–H groups in total. The van der Waals surface area contributed by atoms with Crippen LogP contribution >= 0.6 is 0 Å². The number of rotatable bonds is 6. The number of fused-ring (bicyclic) bond motifs is 1. The van der Waals surface area contributed by atoms with Gasteiger partial charge in [0.05, 0.1) is 31.4 Å². The zero-order valence-corrected chi connectivity index (χ0v) is 22.7. The second-order valence-corrected chi connectivity index (χ2v) is 10.4. The summed E-state index contributed by atoms with van der Waals surface area (Å²) in [6.07, 6.45) is 11.8. The van der Waals surface area contributed by atoms with Crippen molar-refractivity contribution in [2.75, 3.05) is 43.2 Å². The molecule has 1 aromatic heterocycles. The van der Waals surface area contributed by atoms with E-state index in [4.69, 9.17) is 4.74 Å². The van der Waals surface area contributed by atoms with Gasteiger partial charge in [-0.3, -0.25) is 14.5 Å². The van der Waals surface area contributed by atoms with E-state index in [1.807, 2.05) is 41.6 Å². The molecule has 5 heterocycles. The first-order valence-electron chi connectivity index (χ1n) is 13.6. The Balaban J connectivity index is 1.18. The molecular weight excluding hydrogens is 506 g/mol. The van der Waals surface area contributed by atoms with E-state index in [2.05, 4.69) is 57.2 Å². The summed E-state index contributed by atoms with van der Waals surface area (Å²) >= 11 is 0. The third-order valence-corrected chi connectivity index (χ3v) is 7.55. The van der Waals surface area contributed by atoms with Gasteiger partial charge in [-0.25, -0.2) is 4.98 Å². The van der Waals surface area contributed by atoms with Crippen molar-refractivity contribution in [3.8, 4) is 0 Å². The summed E-state index contributed by atoms with van der Waals surface area (Å²) in [7, 11) is 0. The zero-order valence-electron chi connectivity index (χ0n) is 22.7. The molecule has 1 fully saturated rings. The highest BCUT2D eigenvalue weighted by molar-refractivity contribution is 6.06. The first kappa shape index (κ1) is 26.0. The average Bonchev–Trinajstić information content (AvgIpc) is 3.59. The van der Waals surface area contributed by atoms with Crippen molar-refractivity contribution in [3.63, 3.8) is 0 Å². The van der Waals surface area contributed by atoms with E-state index < -0.39 is 0 Å². The van der Waals surface area contributed by atoms with Crippen LogP contribution < -0.4 is 15.1 Å². The number of morpholine rings is 1. The maximum Gasteiger partial charge on any atom is 0.308 e. The number of nitrogens with zero attached hydrogens (tertiary/aromatic N) is 6. The number of benzene rings is 1. The predicted octanol–water partition coefficient (Wildman–Crippen LogP) is 3.03. The van der Waals surface area contributed by atoms with Crippen LogP contribution in [-0.2, 0) is 16.0 Å². The molecule has 4 aliphatic rings. The molecule has 0 bridgehead atoms. The third-order valence-electron chi connectivity index (χ3n) is 7.55. The molecule has 1 radical (unpaired) electrons. The Morgan fingerprint density at radius 2 is 1.90 bits per heavy atom. The first-order chi connectivity index (χ1) is 19.5. The number of pyridine rings is 1. The molecule has 4 aliphatic heterocycles. The van der Waals surface area contributed by atoms with Crippen LogP contribution in [0.15, 0.2) is 84.0 Å². The van der Waals surface area contributed by atoms with Crippen LogP contribution in [-0.4, -0.2) is 77.5 Å². The van der Waals surface area contributed by atoms with Crippen LogP contribution in [0.4, 0.5) is 11.5 Å². The third kappa shape index (κ3) is 5.28. The van der Waals surface area contributed by atoms with Crippen molar-refractivity contribution in [2.45, 2.75) is 32.4 Å². The van der Waals surface area contributed by atoms with E-state index >= 15 is 0 Å². The van der Waals surface area contributed by atoms with E-state index in [1.165, 1.54) is 0 Å². The molecule has 40 heavy (non-hydrogen) atoms. The fourth-order valence-electron chi connectivity index (χ4n) is 5.45. The highest BCUT2D eigenvalue weighted by Crippen LogP contribution is 2.26. The number of hydrogen-bond donors (Lipinski definition) is 1. The summed E-state index contributed by atoms with van der Waals surface area (Å²) in [6.45, 7) is 6.99. The second kappa shape index (κ2) is 11.1. The molecule has 0 aliphatic carbocycles. The molecule has 10 heteroatoms. The number of ether oxygens (including phenoxy) is 1. The summed E-state index contributed by atoms with van der Waals surface area (Å²) in [6, 6.07) is 11.9. The quantitative estimate of drug-likeness (QED) is 0.448. The molecule has 6 rings (SSSR count). The molecule has 0 saturated carbocycles. The van der Waals surface area contributed by atoms with Gasteiger partial charge in [0.25, 0.3) is 5.91 Å². The van der Waals surface area contributed by atoms with Gasteiger partial charge in [0, 0.05) is 43.3 Å². The number of amidine groups is 1. The SMILES string of the molecule is CC1C=CC(C)N1C(=O)Cc1cccc(N2C=C(Nc3ccc(C(=O)N4CCOCC4)cn3)C3=NC=C[N+]3C2)c1. The number of carbonyl (C=O) groups excluding carboxylic acids is 2. The van der Waals surface area contributed by atoms with Crippen LogP contribution in [0.25, 0.3) is 0 Å². The van der Waals surface area contributed by atoms with Crippen LogP contribution in [0.3, 0.4) is 0 Å². The first-order valence-corrected chi connectivity index (χ1v) is 13.6. The molecule has 2 amide bonds. The summed E-state index contributed by atoms with van der Waals surface area (Å²) in [4.78, 5) is 42.8.